The van der Waals surface area contributed by atoms with Gasteiger partial charge in [0.05, 0.1) is 0 Å². The molecule has 0 amide bonds. The van der Waals surface area contributed by atoms with Crippen molar-refractivity contribution in [1.82, 2.24) is 16.1 Å². The van der Waals surface area contributed by atoms with Crippen molar-refractivity contribution in [3.8, 4) is 0 Å². The van der Waals surface area contributed by atoms with Gasteiger partial charge in [-0.25, -0.2) is 4.98 Å². The van der Waals surface area contributed by atoms with Crippen LogP contribution >= 0.6 is 0 Å². The summed E-state index contributed by atoms with van der Waals surface area (Å²) in [5, 5.41) is 0. The Bertz CT molecular complexity index is 360. The normalized spacial score (nSPS) is 10.4. The fraction of sp³-hybridized carbons (Fsp3) is 0.773. The number of allylic oxidation sites excluding steroid dienone is 1. The number of unbranched alkanes of at least 4 members (excludes halogenated alkanes) is 13. The highest BCUT2D eigenvalue weighted by Crippen LogP contribution is 2.12. The highest BCUT2D eigenvalue weighted by atomic mass is 14.9. The number of hydrogen-bond donors (Lipinski definition) is 3. The zero-order valence-corrected chi connectivity index (χ0v) is 17.6. The van der Waals surface area contributed by atoms with Crippen LogP contribution in [0, 0.1) is 0 Å². The third-order valence-corrected chi connectivity index (χ3v) is 4.50. The van der Waals surface area contributed by atoms with Crippen molar-refractivity contribution in [2.75, 3.05) is 0 Å². The molecule has 0 saturated heterocycles. The van der Waals surface area contributed by atoms with Crippen molar-refractivity contribution < 1.29 is 0 Å². The van der Waals surface area contributed by atoms with Gasteiger partial charge in [0.1, 0.15) is 5.82 Å². The molecule has 0 bridgehead atoms. The number of hydrogen-bond acceptors (Lipinski definition) is 3. The molecule has 154 valence electrons. The molecule has 0 aliphatic rings. The maximum absolute atomic E-state index is 5.30. The first-order valence-corrected chi connectivity index (χ1v) is 10.7. The zero-order chi connectivity index (χ0) is 18.4. The Morgan fingerprint density at radius 3 is 1.69 bits per heavy atom. The van der Waals surface area contributed by atoms with E-state index in [0.717, 1.165) is 18.7 Å². The minimum atomic E-state index is 0. The molecule has 0 saturated carbocycles. The van der Waals surface area contributed by atoms with Crippen LogP contribution < -0.4 is 11.9 Å². The van der Waals surface area contributed by atoms with Gasteiger partial charge in [-0.05, 0) is 19.0 Å². The van der Waals surface area contributed by atoms with Crippen LogP contribution in [0.5, 0.6) is 0 Å². The average Bonchev–Trinajstić information content (AvgIpc) is 3.16. The third kappa shape index (κ3) is 20.8. The Balaban J connectivity index is 0. The summed E-state index contributed by atoms with van der Waals surface area (Å²) in [7, 11) is 0. The fourth-order valence-electron chi connectivity index (χ4n) is 2.87. The Morgan fingerprint density at radius 2 is 1.35 bits per heavy atom. The van der Waals surface area contributed by atoms with Crippen molar-refractivity contribution in [2.45, 2.75) is 110 Å². The summed E-state index contributed by atoms with van der Waals surface area (Å²) in [5.41, 5.74) is 5.30. The minimum absolute atomic E-state index is 0. The number of H-pyrrole nitrogens is 1. The molecule has 0 fully saturated rings. The number of rotatable bonds is 15. The molecule has 6 N–H and O–H groups in total. The summed E-state index contributed by atoms with van der Waals surface area (Å²) in [5.74, 6) is 1.06. The molecule has 4 heteroatoms. The van der Waals surface area contributed by atoms with E-state index >= 15 is 0 Å². The Hall–Kier alpha value is -1.29. The summed E-state index contributed by atoms with van der Waals surface area (Å²) >= 11 is 0. The predicted octanol–water partition coefficient (Wildman–Crippen LogP) is 7.07. The van der Waals surface area contributed by atoms with Gasteiger partial charge in [0.15, 0.2) is 0 Å². The summed E-state index contributed by atoms with van der Waals surface area (Å²) in [6.45, 7) is 4.35. The quantitative estimate of drug-likeness (QED) is 0.290. The molecule has 0 atom stereocenters. The molecular weight excluding hydrogens is 320 g/mol. The Morgan fingerprint density at radius 1 is 0.846 bits per heavy atom. The topological polar surface area (TPSA) is 89.7 Å². The van der Waals surface area contributed by atoms with Gasteiger partial charge in [-0.15, -0.1) is 0 Å². The lowest BCUT2D eigenvalue weighted by molar-refractivity contribution is 0.540. The average molecular weight is 367 g/mol. The van der Waals surface area contributed by atoms with E-state index in [-0.39, 0.29) is 6.15 Å². The van der Waals surface area contributed by atoms with Crippen LogP contribution in [-0.4, -0.2) is 9.97 Å². The molecule has 1 rings (SSSR count). The molecule has 0 aliphatic carbocycles. The van der Waals surface area contributed by atoms with E-state index in [1.54, 1.807) is 12.4 Å². The highest BCUT2D eigenvalue weighted by Gasteiger charge is 1.93. The monoisotopic (exact) mass is 366 g/mol. The second-order valence-electron chi connectivity index (χ2n) is 6.85. The first-order chi connectivity index (χ1) is 12.3. The van der Waals surface area contributed by atoms with Gasteiger partial charge in [-0.1, -0.05) is 97.0 Å². The van der Waals surface area contributed by atoms with Crippen molar-refractivity contribution in [3.05, 3.63) is 30.5 Å². The molecule has 26 heavy (non-hydrogen) atoms. The van der Waals surface area contributed by atoms with E-state index < -0.39 is 0 Å². The molecule has 0 radical (unpaired) electrons. The van der Waals surface area contributed by atoms with Gasteiger partial charge in [-0.2, -0.15) is 0 Å². The van der Waals surface area contributed by atoms with Crippen LogP contribution in [0.2, 0.25) is 0 Å². The lowest BCUT2D eigenvalue weighted by Gasteiger charge is -2.02. The number of aryl methyl sites for hydroxylation is 1. The minimum Gasteiger partial charge on any atom is -0.405 e. The molecule has 1 aromatic rings. The Labute approximate surface area is 163 Å². The molecule has 1 heterocycles. The van der Waals surface area contributed by atoms with Gasteiger partial charge in [0, 0.05) is 18.8 Å². The maximum Gasteiger partial charge on any atom is 0.105 e. The van der Waals surface area contributed by atoms with E-state index in [0.29, 0.717) is 0 Å². The largest absolute Gasteiger partial charge is 0.405 e. The van der Waals surface area contributed by atoms with E-state index in [1.165, 1.54) is 83.5 Å². The van der Waals surface area contributed by atoms with E-state index in [9.17, 15) is 0 Å². The molecule has 0 unspecified atom stereocenters. The van der Waals surface area contributed by atoms with Crippen LogP contribution in [0.1, 0.15) is 110 Å². The predicted molar refractivity (Wildman–Crippen MR) is 117 cm³/mol. The molecule has 0 spiro atoms. The van der Waals surface area contributed by atoms with Crippen molar-refractivity contribution in [3.63, 3.8) is 0 Å². The second kappa shape index (κ2) is 23.7. The maximum atomic E-state index is 5.30. The van der Waals surface area contributed by atoms with Gasteiger partial charge in [0.25, 0.3) is 0 Å². The number of aromatic nitrogens is 2. The lowest BCUT2D eigenvalue weighted by Crippen LogP contribution is -1.83. The van der Waals surface area contributed by atoms with Crippen LogP contribution in [0.25, 0.3) is 0 Å². The van der Waals surface area contributed by atoms with Crippen molar-refractivity contribution in [2.24, 2.45) is 5.73 Å². The van der Waals surface area contributed by atoms with Crippen molar-refractivity contribution in [1.29, 1.82) is 0 Å². The number of aromatic amines is 1. The summed E-state index contributed by atoms with van der Waals surface area (Å²) in [4.78, 5) is 6.95. The first-order valence-electron chi connectivity index (χ1n) is 10.7. The number of nitrogens with two attached hydrogens (primary N) is 1. The third-order valence-electron chi connectivity index (χ3n) is 4.50. The molecule has 4 nitrogen and oxygen atoms in total. The van der Waals surface area contributed by atoms with Crippen molar-refractivity contribution >= 4 is 0 Å². The molecule has 0 aromatic carbocycles. The van der Waals surface area contributed by atoms with Gasteiger partial charge >= 0.3 is 0 Å². The Kier molecular flexibility index (Phi) is 24.6. The van der Waals surface area contributed by atoms with Gasteiger partial charge in [0.2, 0.25) is 0 Å². The summed E-state index contributed by atoms with van der Waals surface area (Å²) < 4.78 is 0. The number of imidazole rings is 1. The van der Waals surface area contributed by atoms with Gasteiger partial charge < -0.3 is 16.9 Å². The summed E-state index contributed by atoms with van der Waals surface area (Å²) in [6, 6.07) is 0. The highest BCUT2D eigenvalue weighted by molar-refractivity contribution is 4.84. The van der Waals surface area contributed by atoms with Crippen LogP contribution in [0.4, 0.5) is 0 Å². The number of nitrogens with zero attached hydrogens (tertiary/aromatic N) is 1. The molecular formula is C22H46N4. The van der Waals surface area contributed by atoms with Crippen LogP contribution in [0.3, 0.4) is 0 Å². The van der Waals surface area contributed by atoms with E-state index in [4.69, 9.17) is 5.73 Å². The lowest BCUT2D eigenvalue weighted by atomic mass is 10.0. The SMILES string of the molecule is CCCCCCCCCCCCCCCC=CN.CCc1ncc[nH]1.N. The van der Waals surface area contributed by atoms with E-state index in [2.05, 4.69) is 29.9 Å². The van der Waals surface area contributed by atoms with Gasteiger partial charge in [-0.3, -0.25) is 0 Å². The number of nitrogens with one attached hydrogen (secondary N) is 1. The van der Waals surface area contributed by atoms with E-state index in [1.807, 2.05) is 6.20 Å². The smallest absolute Gasteiger partial charge is 0.105 e. The molecule has 0 aliphatic heterocycles. The fourth-order valence-corrected chi connectivity index (χ4v) is 2.87. The van der Waals surface area contributed by atoms with Crippen LogP contribution in [0.15, 0.2) is 24.7 Å². The second-order valence-corrected chi connectivity index (χ2v) is 6.85. The summed E-state index contributed by atoms with van der Waals surface area (Å²) in [6.07, 6.45) is 28.0. The molecule has 1 aromatic heterocycles. The standard InChI is InChI=1S/C17H35N.C5H8N2.H3N/c1-2-3-4-5-6-7-8-9-10-11-12-13-14-15-16-17-18;1-2-5-6-3-4-7-5;/h16-17H,2-15,18H2,1H3;3-4H,2H2,1H3,(H,6,7);1H3. The van der Waals surface area contributed by atoms with Crippen LogP contribution in [-0.2, 0) is 6.42 Å². The first kappa shape index (κ1) is 26.9. The zero-order valence-electron chi connectivity index (χ0n) is 17.6.